The summed E-state index contributed by atoms with van der Waals surface area (Å²) in [7, 11) is 0. The maximum atomic E-state index is 4.48. The second-order valence-corrected chi connectivity index (χ2v) is 5.89. The Morgan fingerprint density at radius 3 is 2.84 bits per heavy atom. The number of benzene rings is 1. The summed E-state index contributed by atoms with van der Waals surface area (Å²) < 4.78 is 0. The van der Waals surface area contributed by atoms with Gasteiger partial charge in [-0.3, -0.25) is 4.98 Å². The molecular formula is C18H19N7. The SMILES string of the molecule is CCC(c1ccccc1)N1C=C(c2cc(-c3nn[nH]n3)ccn2)NC1. The van der Waals surface area contributed by atoms with Crippen LogP contribution in [0.5, 0.6) is 0 Å². The molecule has 4 rings (SSSR count). The Morgan fingerprint density at radius 1 is 1.20 bits per heavy atom. The van der Waals surface area contributed by atoms with Crippen molar-refractivity contribution in [3.8, 4) is 11.4 Å². The van der Waals surface area contributed by atoms with E-state index >= 15 is 0 Å². The normalized spacial score (nSPS) is 14.9. The number of rotatable bonds is 5. The van der Waals surface area contributed by atoms with E-state index in [1.165, 1.54) is 5.56 Å². The second-order valence-electron chi connectivity index (χ2n) is 5.89. The van der Waals surface area contributed by atoms with Crippen LogP contribution >= 0.6 is 0 Å². The van der Waals surface area contributed by atoms with Crippen LogP contribution in [0.1, 0.15) is 30.6 Å². The second kappa shape index (κ2) is 6.72. The van der Waals surface area contributed by atoms with Crippen molar-refractivity contribution >= 4 is 5.70 Å². The van der Waals surface area contributed by atoms with Gasteiger partial charge in [-0.2, -0.15) is 5.21 Å². The molecule has 126 valence electrons. The van der Waals surface area contributed by atoms with E-state index in [2.05, 4.69) is 73.2 Å². The van der Waals surface area contributed by atoms with Crippen molar-refractivity contribution in [3.05, 3.63) is 66.1 Å². The predicted octanol–water partition coefficient (Wildman–Crippen LogP) is 2.57. The minimum atomic E-state index is 0.339. The van der Waals surface area contributed by atoms with Crippen molar-refractivity contribution in [1.82, 2.24) is 35.8 Å². The van der Waals surface area contributed by atoms with Gasteiger partial charge in [-0.1, -0.05) is 37.3 Å². The minimum Gasteiger partial charge on any atom is -0.365 e. The molecule has 2 aromatic heterocycles. The number of tetrazole rings is 1. The van der Waals surface area contributed by atoms with Crippen molar-refractivity contribution in [2.45, 2.75) is 19.4 Å². The zero-order chi connectivity index (χ0) is 17.1. The van der Waals surface area contributed by atoms with Gasteiger partial charge in [-0.05, 0) is 29.3 Å². The van der Waals surface area contributed by atoms with Crippen molar-refractivity contribution < 1.29 is 0 Å². The van der Waals surface area contributed by atoms with Crippen molar-refractivity contribution in [3.63, 3.8) is 0 Å². The van der Waals surface area contributed by atoms with Crippen LogP contribution in [0.4, 0.5) is 0 Å². The van der Waals surface area contributed by atoms with Crippen molar-refractivity contribution in [2.75, 3.05) is 6.67 Å². The molecule has 0 fully saturated rings. The van der Waals surface area contributed by atoms with E-state index in [9.17, 15) is 0 Å². The summed E-state index contributed by atoms with van der Waals surface area (Å²) in [4.78, 5) is 6.79. The van der Waals surface area contributed by atoms with Gasteiger partial charge in [0.05, 0.1) is 24.1 Å². The van der Waals surface area contributed by atoms with Gasteiger partial charge in [0.2, 0.25) is 5.82 Å². The molecule has 7 heteroatoms. The fourth-order valence-electron chi connectivity index (χ4n) is 3.13. The zero-order valence-corrected chi connectivity index (χ0v) is 13.9. The fraction of sp³-hybridized carbons (Fsp3) is 0.222. The van der Waals surface area contributed by atoms with Crippen LogP contribution in [0, 0.1) is 0 Å². The Labute approximate surface area is 145 Å². The Morgan fingerprint density at radius 2 is 2.08 bits per heavy atom. The Kier molecular flexibility index (Phi) is 4.12. The van der Waals surface area contributed by atoms with Crippen LogP contribution in [0.25, 0.3) is 17.1 Å². The van der Waals surface area contributed by atoms with Gasteiger partial charge in [-0.15, -0.1) is 10.2 Å². The van der Waals surface area contributed by atoms with Crippen LogP contribution in [-0.4, -0.2) is 37.2 Å². The lowest BCUT2D eigenvalue weighted by atomic mass is 10.0. The lowest BCUT2D eigenvalue weighted by Gasteiger charge is -2.26. The van der Waals surface area contributed by atoms with E-state index in [0.717, 1.165) is 30.0 Å². The van der Waals surface area contributed by atoms with Gasteiger partial charge in [0.1, 0.15) is 0 Å². The molecule has 1 unspecified atom stereocenters. The molecule has 3 heterocycles. The fourth-order valence-corrected chi connectivity index (χ4v) is 3.13. The molecule has 0 amide bonds. The van der Waals surface area contributed by atoms with Crippen molar-refractivity contribution in [1.29, 1.82) is 0 Å². The van der Waals surface area contributed by atoms with Gasteiger partial charge in [0.25, 0.3) is 0 Å². The van der Waals surface area contributed by atoms with Crippen LogP contribution < -0.4 is 5.32 Å². The molecule has 7 nitrogen and oxygen atoms in total. The third-order valence-corrected chi connectivity index (χ3v) is 4.36. The summed E-state index contributed by atoms with van der Waals surface area (Å²) in [5.74, 6) is 0.565. The summed E-state index contributed by atoms with van der Waals surface area (Å²) in [6.45, 7) is 2.97. The van der Waals surface area contributed by atoms with Crippen LogP contribution in [0.2, 0.25) is 0 Å². The van der Waals surface area contributed by atoms with Gasteiger partial charge >= 0.3 is 0 Å². The van der Waals surface area contributed by atoms with E-state index in [-0.39, 0.29) is 0 Å². The minimum absolute atomic E-state index is 0.339. The highest BCUT2D eigenvalue weighted by atomic mass is 15.5. The maximum absolute atomic E-state index is 4.48. The molecular weight excluding hydrogens is 314 g/mol. The molecule has 1 aromatic carbocycles. The third kappa shape index (κ3) is 3.08. The third-order valence-electron chi connectivity index (χ3n) is 4.36. The van der Waals surface area contributed by atoms with E-state index in [0.29, 0.717) is 11.9 Å². The molecule has 0 saturated carbocycles. The number of aromatic amines is 1. The topological polar surface area (TPSA) is 82.6 Å². The number of hydrogen-bond donors (Lipinski definition) is 2. The quantitative estimate of drug-likeness (QED) is 0.747. The summed E-state index contributed by atoms with van der Waals surface area (Å²) >= 11 is 0. The van der Waals surface area contributed by atoms with Crippen LogP contribution in [0.15, 0.2) is 54.9 Å². The first kappa shape index (κ1) is 15.3. The van der Waals surface area contributed by atoms with E-state index in [1.54, 1.807) is 6.20 Å². The molecule has 0 aliphatic carbocycles. The Balaban J connectivity index is 1.60. The molecule has 0 spiro atoms. The average Bonchev–Trinajstić information content (AvgIpc) is 3.36. The highest BCUT2D eigenvalue weighted by molar-refractivity contribution is 5.67. The lowest BCUT2D eigenvalue weighted by Crippen LogP contribution is -2.25. The molecule has 1 aliphatic heterocycles. The zero-order valence-electron chi connectivity index (χ0n) is 13.9. The van der Waals surface area contributed by atoms with E-state index in [4.69, 9.17) is 0 Å². The van der Waals surface area contributed by atoms with Gasteiger partial charge in [-0.25, -0.2) is 0 Å². The van der Waals surface area contributed by atoms with E-state index < -0.39 is 0 Å². The number of pyridine rings is 1. The average molecular weight is 333 g/mol. The first-order chi connectivity index (χ1) is 12.3. The summed E-state index contributed by atoms with van der Waals surface area (Å²) in [6.07, 6.45) is 4.94. The van der Waals surface area contributed by atoms with Gasteiger partial charge in [0, 0.05) is 18.0 Å². The smallest absolute Gasteiger partial charge is 0.204 e. The largest absolute Gasteiger partial charge is 0.365 e. The number of aromatic nitrogens is 5. The summed E-state index contributed by atoms with van der Waals surface area (Å²) in [6, 6.07) is 14.8. The molecule has 1 atom stereocenters. The molecule has 0 bridgehead atoms. The summed E-state index contributed by atoms with van der Waals surface area (Å²) in [5, 5.41) is 17.6. The monoisotopic (exact) mass is 333 g/mol. The first-order valence-electron chi connectivity index (χ1n) is 8.32. The van der Waals surface area contributed by atoms with Crippen LogP contribution in [-0.2, 0) is 0 Å². The maximum Gasteiger partial charge on any atom is 0.204 e. The standard InChI is InChI=1S/C18H19N7/c1-2-17(13-6-4-3-5-7-13)25-11-16(20-12-25)15-10-14(8-9-19-15)18-21-23-24-22-18/h3-11,17,20H,2,12H2,1H3,(H,21,22,23,24). The summed E-state index contributed by atoms with van der Waals surface area (Å²) in [5.41, 5.74) is 4.07. The van der Waals surface area contributed by atoms with E-state index in [1.807, 2.05) is 18.2 Å². The number of hydrogen-bond acceptors (Lipinski definition) is 6. The highest BCUT2D eigenvalue weighted by Gasteiger charge is 2.22. The molecule has 1 aliphatic rings. The number of H-pyrrole nitrogens is 1. The molecule has 25 heavy (non-hydrogen) atoms. The first-order valence-corrected chi connectivity index (χ1v) is 8.32. The molecule has 2 N–H and O–H groups in total. The lowest BCUT2D eigenvalue weighted by molar-refractivity contribution is 0.284. The molecule has 0 saturated heterocycles. The van der Waals surface area contributed by atoms with Crippen molar-refractivity contribution in [2.24, 2.45) is 0 Å². The predicted molar refractivity (Wildman–Crippen MR) is 94.7 cm³/mol. The number of nitrogens with one attached hydrogen (secondary N) is 2. The Hall–Kier alpha value is -3.22. The molecule has 0 radical (unpaired) electrons. The van der Waals surface area contributed by atoms with Crippen LogP contribution in [0.3, 0.4) is 0 Å². The van der Waals surface area contributed by atoms with Gasteiger partial charge in [0.15, 0.2) is 0 Å². The number of nitrogens with zero attached hydrogens (tertiary/aromatic N) is 5. The highest BCUT2D eigenvalue weighted by Crippen LogP contribution is 2.28. The molecule has 3 aromatic rings. The Bertz CT molecular complexity index is 858. The van der Waals surface area contributed by atoms with Gasteiger partial charge < -0.3 is 10.2 Å².